The van der Waals surface area contributed by atoms with Gasteiger partial charge in [0.2, 0.25) is 0 Å². The predicted molar refractivity (Wildman–Crippen MR) is 109 cm³/mol. The number of aromatic nitrogens is 3. The van der Waals surface area contributed by atoms with E-state index in [0.29, 0.717) is 27.9 Å². The minimum absolute atomic E-state index is 0.124. The van der Waals surface area contributed by atoms with Gasteiger partial charge in [0.25, 0.3) is 5.91 Å². The van der Waals surface area contributed by atoms with Crippen LogP contribution in [0.25, 0.3) is 22.0 Å². The topological polar surface area (TPSA) is 73.0 Å². The molecule has 6 nitrogen and oxygen atoms in total. The maximum absolute atomic E-state index is 12.9. The van der Waals surface area contributed by atoms with E-state index in [1.54, 1.807) is 12.5 Å². The minimum atomic E-state index is -0.124. The highest BCUT2D eigenvalue weighted by molar-refractivity contribution is 7.17. The number of hydrogen-bond acceptors (Lipinski definition) is 5. The Bertz CT molecular complexity index is 1020. The second kappa shape index (κ2) is 8.22. The lowest BCUT2D eigenvalue weighted by atomic mass is 10.1. The Morgan fingerprint density at radius 1 is 1.21 bits per heavy atom. The number of nitrogens with one attached hydrogen (secondary N) is 1. The molecular formula is C21H20N4O2S. The van der Waals surface area contributed by atoms with Crippen LogP contribution in [0.1, 0.15) is 16.6 Å². The van der Waals surface area contributed by atoms with Gasteiger partial charge in [0.15, 0.2) is 10.8 Å². The van der Waals surface area contributed by atoms with Crippen LogP contribution in [0.15, 0.2) is 71.6 Å². The first-order chi connectivity index (χ1) is 13.7. The van der Waals surface area contributed by atoms with Crippen molar-refractivity contribution in [3.63, 3.8) is 0 Å². The third-order valence-electron chi connectivity index (χ3n) is 4.28. The van der Waals surface area contributed by atoms with Gasteiger partial charge in [0.05, 0.1) is 12.0 Å². The number of hydrogen-bond donors (Lipinski definition) is 1. The average molecular weight is 392 g/mol. The van der Waals surface area contributed by atoms with Crippen LogP contribution in [0.2, 0.25) is 0 Å². The van der Waals surface area contributed by atoms with Crippen LogP contribution in [0.3, 0.4) is 0 Å². The first-order valence-electron chi connectivity index (χ1n) is 9.06. The van der Waals surface area contributed by atoms with Gasteiger partial charge < -0.3 is 9.73 Å². The molecular weight excluding hydrogens is 372 g/mol. The van der Waals surface area contributed by atoms with Gasteiger partial charge in [0, 0.05) is 31.0 Å². The monoisotopic (exact) mass is 392 g/mol. The van der Waals surface area contributed by atoms with E-state index in [1.807, 2.05) is 59.4 Å². The zero-order valence-corrected chi connectivity index (χ0v) is 16.2. The van der Waals surface area contributed by atoms with Gasteiger partial charge >= 0.3 is 0 Å². The summed E-state index contributed by atoms with van der Waals surface area (Å²) >= 11 is 1.34. The van der Waals surface area contributed by atoms with E-state index in [9.17, 15) is 4.79 Å². The molecule has 28 heavy (non-hydrogen) atoms. The molecule has 4 rings (SSSR count). The number of thiazole rings is 1. The summed E-state index contributed by atoms with van der Waals surface area (Å²) in [7, 11) is 0. The van der Waals surface area contributed by atoms with Crippen molar-refractivity contribution in [1.82, 2.24) is 20.1 Å². The minimum Gasteiger partial charge on any atom is -0.462 e. The Balaban J connectivity index is 1.54. The van der Waals surface area contributed by atoms with Gasteiger partial charge in [0.1, 0.15) is 4.88 Å². The van der Waals surface area contributed by atoms with Gasteiger partial charge in [-0.2, -0.15) is 5.10 Å². The standard InChI is InChI=1S/C21H20N4O2S/c1-15(14-25-11-6-10-23-25)13-22-20(26)19-18(16-7-3-2-4-8-16)24-21(28-19)17-9-5-12-27-17/h2-12,15H,13-14H2,1H3,(H,22,26). The molecule has 1 unspecified atom stereocenters. The third-order valence-corrected chi connectivity index (χ3v) is 5.35. The molecule has 7 heteroatoms. The van der Waals surface area contributed by atoms with E-state index in [1.165, 1.54) is 11.3 Å². The summed E-state index contributed by atoms with van der Waals surface area (Å²) in [6, 6.07) is 15.3. The van der Waals surface area contributed by atoms with Gasteiger partial charge in [-0.25, -0.2) is 4.98 Å². The molecule has 0 aliphatic carbocycles. The van der Waals surface area contributed by atoms with E-state index < -0.39 is 0 Å². The molecule has 0 saturated heterocycles. The highest BCUT2D eigenvalue weighted by Gasteiger charge is 2.21. The summed E-state index contributed by atoms with van der Waals surface area (Å²) in [5.74, 6) is 0.788. The Morgan fingerprint density at radius 3 is 2.79 bits per heavy atom. The number of amides is 1. The van der Waals surface area contributed by atoms with Gasteiger partial charge in [-0.05, 0) is 24.1 Å². The van der Waals surface area contributed by atoms with Crippen LogP contribution in [0.4, 0.5) is 0 Å². The fraction of sp³-hybridized carbons (Fsp3) is 0.190. The SMILES string of the molecule is CC(CNC(=O)c1sc(-c2ccco2)nc1-c1ccccc1)Cn1cccn1. The molecule has 1 N–H and O–H groups in total. The lowest BCUT2D eigenvalue weighted by molar-refractivity contribution is 0.0951. The number of carbonyl (C=O) groups excluding carboxylic acids is 1. The summed E-state index contributed by atoms with van der Waals surface area (Å²) in [6.45, 7) is 3.39. The van der Waals surface area contributed by atoms with Crippen molar-refractivity contribution in [1.29, 1.82) is 0 Å². The summed E-state index contributed by atoms with van der Waals surface area (Å²) in [6.07, 6.45) is 5.28. The van der Waals surface area contributed by atoms with Crippen molar-refractivity contribution in [3.8, 4) is 22.0 Å². The Kier molecular flexibility index (Phi) is 5.34. The molecule has 0 aliphatic rings. The highest BCUT2D eigenvalue weighted by Crippen LogP contribution is 2.34. The normalized spacial score (nSPS) is 12.0. The van der Waals surface area contributed by atoms with Crippen LogP contribution in [0, 0.1) is 5.92 Å². The molecule has 0 bridgehead atoms. The molecule has 1 atom stereocenters. The number of nitrogens with zero attached hydrogens (tertiary/aromatic N) is 3. The van der Waals surface area contributed by atoms with E-state index in [-0.39, 0.29) is 11.8 Å². The Morgan fingerprint density at radius 2 is 2.07 bits per heavy atom. The van der Waals surface area contributed by atoms with Crippen molar-refractivity contribution >= 4 is 17.2 Å². The lowest BCUT2D eigenvalue weighted by Crippen LogP contribution is -2.29. The first kappa shape index (κ1) is 18.2. The van der Waals surface area contributed by atoms with E-state index >= 15 is 0 Å². The summed E-state index contributed by atoms with van der Waals surface area (Å²) < 4.78 is 7.34. The number of furan rings is 1. The first-order valence-corrected chi connectivity index (χ1v) is 9.88. The molecule has 4 aromatic rings. The van der Waals surface area contributed by atoms with Gasteiger partial charge in [-0.15, -0.1) is 11.3 Å². The Hall–Kier alpha value is -3.19. The van der Waals surface area contributed by atoms with Crippen molar-refractivity contribution < 1.29 is 9.21 Å². The number of rotatable bonds is 7. The van der Waals surface area contributed by atoms with Crippen LogP contribution in [-0.2, 0) is 6.54 Å². The second-order valence-electron chi connectivity index (χ2n) is 6.58. The van der Waals surface area contributed by atoms with Crippen molar-refractivity contribution in [3.05, 3.63) is 72.1 Å². The van der Waals surface area contributed by atoms with Crippen LogP contribution < -0.4 is 5.32 Å². The maximum atomic E-state index is 12.9. The van der Waals surface area contributed by atoms with Crippen molar-refractivity contribution in [2.75, 3.05) is 6.54 Å². The maximum Gasteiger partial charge on any atom is 0.263 e. The van der Waals surface area contributed by atoms with E-state index in [0.717, 1.165) is 12.1 Å². The van der Waals surface area contributed by atoms with Crippen molar-refractivity contribution in [2.45, 2.75) is 13.5 Å². The molecule has 0 saturated carbocycles. The summed E-state index contributed by atoms with van der Waals surface area (Å²) in [4.78, 5) is 18.2. The molecule has 0 spiro atoms. The van der Waals surface area contributed by atoms with Crippen LogP contribution in [0.5, 0.6) is 0 Å². The smallest absolute Gasteiger partial charge is 0.263 e. The largest absolute Gasteiger partial charge is 0.462 e. The fourth-order valence-corrected chi connectivity index (χ4v) is 3.88. The zero-order chi connectivity index (χ0) is 19.3. The molecule has 3 heterocycles. The van der Waals surface area contributed by atoms with E-state index in [2.05, 4.69) is 22.3 Å². The summed E-state index contributed by atoms with van der Waals surface area (Å²) in [5, 5.41) is 7.95. The Labute approximate surface area is 166 Å². The van der Waals surface area contributed by atoms with Crippen molar-refractivity contribution in [2.24, 2.45) is 5.92 Å². The second-order valence-corrected chi connectivity index (χ2v) is 7.58. The number of carbonyl (C=O) groups is 1. The van der Waals surface area contributed by atoms with Crippen LogP contribution >= 0.6 is 11.3 Å². The molecule has 1 amide bonds. The molecule has 0 radical (unpaired) electrons. The van der Waals surface area contributed by atoms with Crippen LogP contribution in [-0.4, -0.2) is 27.2 Å². The molecule has 0 fully saturated rings. The van der Waals surface area contributed by atoms with Gasteiger partial charge in [-0.3, -0.25) is 9.48 Å². The fourth-order valence-electron chi connectivity index (χ4n) is 2.91. The molecule has 3 aromatic heterocycles. The molecule has 0 aliphatic heterocycles. The lowest BCUT2D eigenvalue weighted by Gasteiger charge is -2.12. The predicted octanol–water partition coefficient (Wildman–Crippen LogP) is 4.33. The summed E-state index contributed by atoms with van der Waals surface area (Å²) in [5.41, 5.74) is 1.58. The molecule has 1 aromatic carbocycles. The van der Waals surface area contributed by atoms with E-state index in [4.69, 9.17) is 4.42 Å². The molecule has 142 valence electrons. The highest BCUT2D eigenvalue weighted by atomic mass is 32.1. The van der Waals surface area contributed by atoms with Gasteiger partial charge in [-0.1, -0.05) is 37.3 Å². The average Bonchev–Trinajstić information content (AvgIpc) is 3.47. The quantitative estimate of drug-likeness (QED) is 0.508. The third kappa shape index (κ3) is 4.04. The number of benzene rings is 1. The zero-order valence-electron chi connectivity index (χ0n) is 15.4.